The summed E-state index contributed by atoms with van der Waals surface area (Å²) in [6.45, 7) is 0.297. The lowest BCUT2D eigenvalue weighted by molar-refractivity contribution is -0.384. The summed E-state index contributed by atoms with van der Waals surface area (Å²) in [4.78, 5) is 38.4. The molecule has 0 spiro atoms. The molecule has 1 N–H and O–H groups in total. The lowest BCUT2D eigenvalue weighted by Crippen LogP contribution is -2.35. The molecule has 2 amide bonds. The first-order valence-corrected chi connectivity index (χ1v) is 14.5. The molecule has 218 valence electrons. The number of halogens is 2. The fourth-order valence-electron chi connectivity index (χ4n) is 3.98. The quantitative estimate of drug-likeness (QED) is 0.137. The van der Waals surface area contributed by atoms with E-state index in [2.05, 4.69) is 31.4 Å². The average molecular weight is 675 g/mol. The normalized spacial score (nSPS) is 10.7. The van der Waals surface area contributed by atoms with Gasteiger partial charge in [0.05, 0.1) is 29.7 Å². The van der Waals surface area contributed by atoms with Crippen molar-refractivity contribution in [2.24, 2.45) is 0 Å². The highest BCUT2D eigenvalue weighted by atomic mass is 79.9. The van der Waals surface area contributed by atoms with E-state index in [1.807, 2.05) is 36.4 Å². The maximum absolute atomic E-state index is 13.5. The predicted octanol–water partition coefficient (Wildman–Crippen LogP) is 6.26. The predicted molar refractivity (Wildman–Crippen MR) is 164 cm³/mol. The average Bonchev–Trinajstić information content (AvgIpc) is 3.45. The second-order valence-electron chi connectivity index (χ2n) is 8.87. The van der Waals surface area contributed by atoms with Crippen LogP contribution in [0.25, 0.3) is 10.6 Å². The molecule has 0 fully saturated rings. The number of anilines is 1. The van der Waals surface area contributed by atoms with Crippen LogP contribution in [-0.2, 0) is 11.2 Å². The summed E-state index contributed by atoms with van der Waals surface area (Å²) < 4.78 is 11.6. The number of non-ortho nitro benzene ring substituents is 1. The lowest BCUT2D eigenvalue weighted by Gasteiger charge is -2.23. The molecule has 14 heteroatoms. The minimum Gasteiger partial charge on any atom is -0.493 e. The van der Waals surface area contributed by atoms with Gasteiger partial charge in [-0.15, -0.1) is 10.2 Å². The summed E-state index contributed by atoms with van der Waals surface area (Å²) in [5.74, 6) is 0.303. The van der Waals surface area contributed by atoms with Crippen LogP contribution in [0.3, 0.4) is 0 Å². The summed E-state index contributed by atoms with van der Waals surface area (Å²) in [6.07, 6.45) is 0.404. The number of carbonyl (C=O) groups is 2. The zero-order chi connectivity index (χ0) is 30.2. The number of nitro groups is 1. The van der Waals surface area contributed by atoms with Gasteiger partial charge < -0.3 is 19.7 Å². The largest absolute Gasteiger partial charge is 0.493 e. The molecule has 0 bridgehead atoms. The van der Waals surface area contributed by atoms with Crippen molar-refractivity contribution in [3.8, 4) is 22.1 Å². The Hall–Kier alpha value is -4.07. The summed E-state index contributed by atoms with van der Waals surface area (Å²) in [7, 11) is 3.08. The Morgan fingerprint density at radius 3 is 2.43 bits per heavy atom. The van der Waals surface area contributed by atoms with E-state index in [1.54, 1.807) is 13.2 Å². The van der Waals surface area contributed by atoms with Crippen LogP contribution in [0.4, 0.5) is 10.8 Å². The van der Waals surface area contributed by atoms with Crippen LogP contribution in [0.5, 0.6) is 11.5 Å². The molecule has 1 heterocycles. The smallest absolute Gasteiger partial charge is 0.270 e. The van der Waals surface area contributed by atoms with Crippen LogP contribution in [0.15, 0.2) is 65.1 Å². The van der Waals surface area contributed by atoms with Crippen molar-refractivity contribution in [2.45, 2.75) is 12.8 Å². The number of nitrogens with zero attached hydrogens (tertiary/aromatic N) is 4. The highest BCUT2D eigenvalue weighted by Gasteiger charge is 2.22. The molecule has 0 unspecified atom stereocenters. The zero-order valence-electron chi connectivity index (χ0n) is 22.5. The highest BCUT2D eigenvalue weighted by molar-refractivity contribution is 9.10. The number of hydrogen-bond acceptors (Lipinski definition) is 9. The fourth-order valence-corrected chi connectivity index (χ4v) is 5.26. The van der Waals surface area contributed by atoms with E-state index in [0.717, 1.165) is 21.7 Å². The SMILES string of the molecule is COc1ccc(CCN(CCC(=O)Nc2nnc(-c3ccc(Br)cc3)s2)C(=O)c2ccc([N+](=O)[O-])cc2Cl)cc1OC. The van der Waals surface area contributed by atoms with Crippen molar-refractivity contribution in [2.75, 3.05) is 32.6 Å². The number of nitrogens with one attached hydrogen (secondary N) is 1. The molecule has 1 aromatic heterocycles. The number of hydrogen-bond donors (Lipinski definition) is 1. The third-order valence-corrected chi connectivity index (χ3v) is 7.90. The number of carbonyl (C=O) groups excluding carboxylic acids is 2. The van der Waals surface area contributed by atoms with E-state index in [9.17, 15) is 19.7 Å². The maximum Gasteiger partial charge on any atom is 0.270 e. The Labute approximate surface area is 258 Å². The second kappa shape index (κ2) is 14.2. The molecule has 4 aromatic rings. The first kappa shape index (κ1) is 30.9. The van der Waals surface area contributed by atoms with Gasteiger partial charge in [0, 0.05) is 41.7 Å². The molecule has 0 aliphatic carbocycles. The summed E-state index contributed by atoms with van der Waals surface area (Å²) in [6, 6.07) is 16.7. The van der Waals surface area contributed by atoms with Crippen LogP contribution in [0.2, 0.25) is 5.02 Å². The van der Waals surface area contributed by atoms with Gasteiger partial charge in [0.2, 0.25) is 11.0 Å². The van der Waals surface area contributed by atoms with Crippen LogP contribution >= 0.6 is 38.9 Å². The molecule has 0 aliphatic heterocycles. The van der Waals surface area contributed by atoms with E-state index in [-0.39, 0.29) is 41.7 Å². The first-order valence-electron chi connectivity index (χ1n) is 12.5. The van der Waals surface area contributed by atoms with Gasteiger partial charge in [0.15, 0.2) is 11.5 Å². The number of methoxy groups -OCH3 is 2. The lowest BCUT2D eigenvalue weighted by atomic mass is 10.1. The van der Waals surface area contributed by atoms with Crippen LogP contribution in [-0.4, -0.2) is 59.1 Å². The standard InChI is InChI=1S/C28H25BrClN5O6S/c1-40-23-10-3-17(15-24(23)41-2)11-13-34(27(37)21-9-8-20(35(38)39)16-22(21)30)14-12-25(36)31-28-33-32-26(42-28)18-4-6-19(29)7-5-18/h3-10,15-16H,11-14H2,1-2H3,(H,31,33,36). The van der Waals surface area contributed by atoms with E-state index in [0.29, 0.717) is 28.1 Å². The number of benzene rings is 3. The van der Waals surface area contributed by atoms with Crippen molar-refractivity contribution in [3.05, 3.63) is 91.4 Å². The molecule has 0 saturated heterocycles. The Morgan fingerprint density at radius 1 is 1.02 bits per heavy atom. The van der Waals surface area contributed by atoms with Gasteiger partial charge in [0.25, 0.3) is 11.6 Å². The van der Waals surface area contributed by atoms with Crippen molar-refractivity contribution in [3.63, 3.8) is 0 Å². The molecule has 0 saturated carbocycles. The van der Waals surface area contributed by atoms with Crippen LogP contribution < -0.4 is 14.8 Å². The summed E-state index contributed by atoms with van der Waals surface area (Å²) in [5, 5.41) is 23.0. The van der Waals surface area contributed by atoms with Gasteiger partial charge in [-0.05, 0) is 42.3 Å². The van der Waals surface area contributed by atoms with Crippen molar-refractivity contribution in [1.29, 1.82) is 0 Å². The second-order valence-corrected chi connectivity index (χ2v) is 11.2. The van der Waals surface area contributed by atoms with Gasteiger partial charge in [0.1, 0.15) is 5.01 Å². The molecular formula is C28H25BrClN5O6S. The minimum absolute atomic E-state index is 0.0323. The van der Waals surface area contributed by atoms with Gasteiger partial charge in [-0.1, -0.05) is 57.1 Å². The monoisotopic (exact) mass is 673 g/mol. The van der Waals surface area contributed by atoms with Crippen LogP contribution in [0, 0.1) is 10.1 Å². The Morgan fingerprint density at radius 2 is 1.76 bits per heavy atom. The Bertz CT molecular complexity index is 1600. The Kier molecular flexibility index (Phi) is 10.4. The highest BCUT2D eigenvalue weighted by Crippen LogP contribution is 2.29. The molecule has 3 aromatic carbocycles. The number of ether oxygens (including phenoxy) is 2. The molecule has 11 nitrogen and oxygen atoms in total. The minimum atomic E-state index is -0.588. The molecule has 42 heavy (non-hydrogen) atoms. The number of aromatic nitrogens is 2. The first-order chi connectivity index (χ1) is 20.2. The summed E-state index contributed by atoms with van der Waals surface area (Å²) >= 11 is 10.9. The van der Waals surface area contributed by atoms with Crippen molar-refractivity contribution >= 4 is 61.5 Å². The number of nitro benzene ring substituents is 1. The van der Waals surface area contributed by atoms with E-state index in [4.69, 9.17) is 21.1 Å². The molecule has 0 aliphatic rings. The molecule has 0 atom stereocenters. The van der Waals surface area contributed by atoms with Crippen LogP contribution in [0.1, 0.15) is 22.3 Å². The molecular weight excluding hydrogens is 650 g/mol. The maximum atomic E-state index is 13.5. The topological polar surface area (TPSA) is 137 Å². The molecule has 0 radical (unpaired) electrons. The van der Waals surface area contributed by atoms with Gasteiger partial charge in [-0.3, -0.25) is 19.7 Å². The van der Waals surface area contributed by atoms with E-state index in [1.165, 1.54) is 35.5 Å². The zero-order valence-corrected chi connectivity index (χ0v) is 25.7. The van der Waals surface area contributed by atoms with Crippen molar-refractivity contribution in [1.82, 2.24) is 15.1 Å². The fraction of sp³-hybridized carbons (Fsp3) is 0.214. The van der Waals surface area contributed by atoms with Gasteiger partial charge >= 0.3 is 0 Å². The third kappa shape index (κ3) is 7.81. The molecule has 4 rings (SSSR count). The third-order valence-electron chi connectivity index (χ3n) is 6.17. The number of rotatable bonds is 12. The van der Waals surface area contributed by atoms with Gasteiger partial charge in [-0.25, -0.2) is 0 Å². The summed E-state index contributed by atoms with van der Waals surface area (Å²) in [5.41, 5.74) is 1.60. The Balaban J connectivity index is 1.47. The van der Waals surface area contributed by atoms with E-state index < -0.39 is 10.8 Å². The van der Waals surface area contributed by atoms with Gasteiger partial charge in [-0.2, -0.15) is 0 Å². The number of amides is 2. The van der Waals surface area contributed by atoms with Crippen molar-refractivity contribution < 1.29 is 24.0 Å². The van der Waals surface area contributed by atoms with E-state index >= 15 is 0 Å².